The maximum atomic E-state index is 13.0. The van der Waals surface area contributed by atoms with Crippen molar-refractivity contribution in [2.45, 2.75) is 26.7 Å². The Hall–Kier alpha value is -2.00. The minimum Gasteiger partial charge on any atom is -0.371 e. The Bertz CT molecular complexity index is 738. The predicted molar refractivity (Wildman–Crippen MR) is 106 cm³/mol. The first-order chi connectivity index (χ1) is 12.1. The molecular weight excluding hydrogens is 332 g/mol. The molecule has 0 N–H and O–H groups in total. The molecule has 2 aromatic carbocycles. The lowest BCUT2D eigenvalue weighted by molar-refractivity contribution is -0.122. The van der Waals surface area contributed by atoms with Gasteiger partial charge in [-0.15, -0.1) is 0 Å². The zero-order valence-electron chi connectivity index (χ0n) is 14.9. The molecule has 1 heterocycles. The van der Waals surface area contributed by atoms with E-state index in [1.165, 1.54) is 5.56 Å². The third kappa shape index (κ3) is 4.16. The summed E-state index contributed by atoms with van der Waals surface area (Å²) in [7, 11) is 0. The summed E-state index contributed by atoms with van der Waals surface area (Å²) in [5, 5.41) is 0.757. The van der Waals surface area contributed by atoms with Crippen LogP contribution in [-0.4, -0.2) is 25.5 Å². The highest BCUT2D eigenvalue weighted by molar-refractivity contribution is 6.30. The summed E-state index contributed by atoms with van der Waals surface area (Å²) in [6.07, 6.45) is 1.77. The second-order valence-corrected chi connectivity index (χ2v) is 7.10. The minimum absolute atomic E-state index is 0.0934. The normalized spacial score (nSPS) is 15.2. The van der Waals surface area contributed by atoms with Gasteiger partial charge in [0.2, 0.25) is 5.91 Å². The topological polar surface area (TPSA) is 23.6 Å². The maximum Gasteiger partial charge on any atom is 0.230 e. The van der Waals surface area contributed by atoms with Crippen molar-refractivity contribution in [2.24, 2.45) is 5.92 Å². The van der Waals surface area contributed by atoms with Gasteiger partial charge in [-0.25, -0.2) is 0 Å². The van der Waals surface area contributed by atoms with E-state index in [4.69, 9.17) is 11.6 Å². The van der Waals surface area contributed by atoms with Gasteiger partial charge in [0.15, 0.2) is 0 Å². The minimum atomic E-state index is 0.0934. The second kappa shape index (κ2) is 7.92. The highest BCUT2D eigenvalue weighted by Gasteiger charge is 2.28. The summed E-state index contributed by atoms with van der Waals surface area (Å²) in [5.41, 5.74) is 3.33. The number of anilines is 2. The first kappa shape index (κ1) is 17.8. The first-order valence-electron chi connectivity index (χ1n) is 8.97. The van der Waals surface area contributed by atoms with Crippen LogP contribution in [0.25, 0.3) is 0 Å². The number of aryl methyl sites for hydroxylation is 1. The molecule has 1 saturated heterocycles. The molecule has 0 saturated carbocycles. The summed E-state index contributed by atoms with van der Waals surface area (Å²) in [6, 6.07) is 16.1. The van der Waals surface area contributed by atoms with E-state index in [1.54, 1.807) is 0 Å². The molecule has 0 radical (unpaired) electrons. The fourth-order valence-electron chi connectivity index (χ4n) is 3.54. The zero-order chi connectivity index (χ0) is 17.8. The lowest BCUT2D eigenvalue weighted by Gasteiger charge is -2.35. The average Bonchev–Trinajstić information content (AvgIpc) is 2.62. The highest BCUT2D eigenvalue weighted by atomic mass is 35.5. The predicted octanol–water partition coefficient (Wildman–Crippen LogP) is 4.92. The average molecular weight is 357 g/mol. The van der Waals surface area contributed by atoms with Crippen molar-refractivity contribution in [1.29, 1.82) is 0 Å². The molecule has 0 bridgehead atoms. The molecule has 2 aromatic rings. The molecule has 1 amide bonds. The molecule has 1 aliphatic rings. The number of nitrogens with zero attached hydrogens (tertiary/aromatic N) is 2. The van der Waals surface area contributed by atoms with Crippen molar-refractivity contribution >= 4 is 28.9 Å². The van der Waals surface area contributed by atoms with E-state index in [-0.39, 0.29) is 11.8 Å². The molecule has 0 aliphatic carbocycles. The number of halogens is 1. The molecule has 1 fully saturated rings. The molecule has 0 unspecified atom stereocenters. The molecule has 1 aliphatic heterocycles. The van der Waals surface area contributed by atoms with E-state index in [9.17, 15) is 4.79 Å². The second-order valence-electron chi connectivity index (χ2n) is 6.66. The van der Waals surface area contributed by atoms with Gasteiger partial charge in [-0.1, -0.05) is 29.8 Å². The molecule has 0 aromatic heterocycles. The summed E-state index contributed by atoms with van der Waals surface area (Å²) >= 11 is 6.10. The Kier molecular flexibility index (Phi) is 5.64. The Morgan fingerprint density at radius 1 is 1.16 bits per heavy atom. The Morgan fingerprint density at radius 3 is 2.52 bits per heavy atom. The van der Waals surface area contributed by atoms with E-state index >= 15 is 0 Å². The summed E-state index contributed by atoms with van der Waals surface area (Å²) in [6.45, 7) is 6.59. The molecule has 3 rings (SSSR count). The number of hydrogen-bond acceptors (Lipinski definition) is 2. The van der Waals surface area contributed by atoms with Crippen molar-refractivity contribution in [3.05, 3.63) is 59.1 Å². The van der Waals surface area contributed by atoms with Gasteiger partial charge in [-0.2, -0.15) is 0 Å². The van der Waals surface area contributed by atoms with Gasteiger partial charge < -0.3 is 9.80 Å². The van der Waals surface area contributed by atoms with Gasteiger partial charge in [0.1, 0.15) is 0 Å². The number of carbonyl (C=O) groups is 1. The van der Waals surface area contributed by atoms with Gasteiger partial charge >= 0.3 is 0 Å². The Balaban J connectivity index is 1.66. The van der Waals surface area contributed by atoms with E-state index in [0.29, 0.717) is 6.54 Å². The van der Waals surface area contributed by atoms with Crippen molar-refractivity contribution in [1.82, 2.24) is 0 Å². The molecule has 0 spiro atoms. The smallest absolute Gasteiger partial charge is 0.230 e. The zero-order valence-corrected chi connectivity index (χ0v) is 15.7. The van der Waals surface area contributed by atoms with E-state index < -0.39 is 0 Å². The van der Waals surface area contributed by atoms with Crippen molar-refractivity contribution in [3.8, 4) is 0 Å². The van der Waals surface area contributed by atoms with Crippen molar-refractivity contribution in [3.63, 3.8) is 0 Å². The molecule has 0 atom stereocenters. The largest absolute Gasteiger partial charge is 0.371 e. The van der Waals surface area contributed by atoms with Crippen LogP contribution >= 0.6 is 11.6 Å². The van der Waals surface area contributed by atoms with Crippen molar-refractivity contribution in [2.75, 3.05) is 29.4 Å². The summed E-state index contributed by atoms with van der Waals surface area (Å²) in [5.74, 6) is 0.342. The van der Waals surface area contributed by atoms with Crippen LogP contribution in [0.2, 0.25) is 5.02 Å². The van der Waals surface area contributed by atoms with Gasteiger partial charge in [-0.05, 0) is 62.6 Å². The van der Waals surface area contributed by atoms with Crippen LogP contribution in [0.1, 0.15) is 25.3 Å². The number of benzene rings is 2. The summed E-state index contributed by atoms with van der Waals surface area (Å²) in [4.78, 5) is 17.3. The maximum absolute atomic E-state index is 13.0. The Labute approximate surface area is 155 Å². The number of hydrogen-bond donors (Lipinski definition) is 0. The highest BCUT2D eigenvalue weighted by Crippen LogP contribution is 2.28. The monoisotopic (exact) mass is 356 g/mol. The van der Waals surface area contributed by atoms with Crippen LogP contribution in [0.5, 0.6) is 0 Å². The van der Waals surface area contributed by atoms with Gasteiger partial charge in [-0.3, -0.25) is 4.79 Å². The van der Waals surface area contributed by atoms with Gasteiger partial charge in [0.05, 0.1) is 0 Å². The number of amides is 1. The van der Waals surface area contributed by atoms with E-state index in [2.05, 4.69) is 30.0 Å². The third-order valence-corrected chi connectivity index (χ3v) is 5.15. The molecule has 25 heavy (non-hydrogen) atoms. The van der Waals surface area contributed by atoms with E-state index in [1.807, 2.05) is 42.2 Å². The number of rotatable bonds is 4. The van der Waals surface area contributed by atoms with Crippen LogP contribution in [0.4, 0.5) is 11.4 Å². The SMILES string of the molecule is CCN(C(=O)C1CCN(c2cccc(Cl)c2)CC1)c1cccc(C)c1. The van der Waals surface area contributed by atoms with Crippen LogP contribution in [-0.2, 0) is 4.79 Å². The van der Waals surface area contributed by atoms with Crippen LogP contribution in [0.3, 0.4) is 0 Å². The summed E-state index contributed by atoms with van der Waals surface area (Å²) < 4.78 is 0. The van der Waals surface area contributed by atoms with Gasteiger partial charge in [0, 0.05) is 41.9 Å². The van der Waals surface area contributed by atoms with Crippen LogP contribution in [0.15, 0.2) is 48.5 Å². The molecular formula is C21H25ClN2O. The number of piperidine rings is 1. The first-order valence-corrected chi connectivity index (χ1v) is 9.35. The Morgan fingerprint density at radius 2 is 1.88 bits per heavy atom. The van der Waals surface area contributed by atoms with Crippen LogP contribution < -0.4 is 9.80 Å². The molecule has 4 heteroatoms. The van der Waals surface area contributed by atoms with Crippen molar-refractivity contribution < 1.29 is 4.79 Å². The van der Waals surface area contributed by atoms with Crippen LogP contribution in [0, 0.1) is 12.8 Å². The number of carbonyl (C=O) groups excluding carboxylic acids is 1. The fourth-order valence-corrected chi connectivity index (χ4v) is 3.72. The van der Waals surface area contributed by atoms with E-state index in [0.717, 1.165) is 42.3 Å². The standard InChI is InChI=1S/C21H25ClN2O/c1-3-24(20-9-4-6-16(2)14-20)21(25)17-10-12-23(13-11-17)19-8-5-7-18(22)15-19/h4-9,14-15,17H,3,10-13H2,1-2H3. The molecule has 3 nitrogen and oxygen atoms in total. The fraction of sp³-hybridized carbons (Fsp3) is 0.381. The molecule has 132 valence electrons. The quantitative estimate of drug-likeness (QED) is 0.776. The third-order valence-electron chi connectivity index (χ3n) is 4.91. The lowest BCUT2D eigenvalue weighted by atomic mass is 9.94. The lowest BCUT2D eigenvalue weighted by Crippen LogP contribution is -2.42. The van der Waals surface area contributed by atoms with Gasteiger partial charge in [0.25, 0.3) is 0 Å².